The lowest BCUT2D eigenvalue weighted by atomic mass is 10.2. The van der Waals surface area contributed by atoms with E-state index in [1.807, 2.05) is 31.2 Å². The molecular formula is C11H15N2O. The first-order chi connectivity index (χ1) is 6.61. The molecule has 0 heterocycles. The lowest BCUT2D eigenvalue weighted by Crippen LogP contribution is -2.36. The molecular weight excluding hydrogens is 176 g/mol. The van der Waals surface area contributed by atoms with Gasteiger partial charge in [0, 0.05) is 25.8 Å². The number of amides is 1. The highest BCUT2D eigenvalue weighted by atomic mass is 16.2. The minimum Gasteiger partial charge on any atom is -0.373 e. The van der Waals surface area contributed by atoms with Crippen LogP contribution in [0.15, 0.2) is 24.3 Å². The van der Waals surface area contributed by atoms with Gasteiger partial charge in [-0.15, -0.1) is 0 Å². The maximum absolute atomic E-state index is 11.5. The Bertz CT molecular complexity index is 295. The van der Waals surface area contributed by atoms with Crippen LogP contribution in [0.1, 0.15) is 6.92 Å². The lowest BCUT2D eigenvalue weighted by molar-refractivity contribution is -0.129. The standard InChI is InChI=1S/C11H15N2O/c1-9(11(14)13(2)3)12-10-7-5-4-6-8-10/h4-7,9,12H,1-3H3. The second-order valence-electron chi connectivity index (χ2n) is 3.37. The highest BCUT2D eigenvalue weighted by molar-refractivity contribution is 5.83. The van der Waals surface area contributed by atoms with E-state index in [4.69, 9.17) is 0 Å². The summed E-state index contributed by atoms with van der Waals surface area (Å²) >= 11 is 0. The van der Waals surface area contributed by atoms with Gasteiger partial charge in [0.25, 0.3) is 0 Å². The van der Waals surface area contributed by atoms with Gasteiger partial charge in [0.05, 0.1) is 0 Å². The normalized spacial score (nSPS) is 11.9. The number of carbonyl (C=O) groups excluding carboxylic acids is 1. The van der Waals surface area contributed by atoms with Gasteiger partial charge in [0.2, 0.25) is 5.91 Å². The molecule has 1 unspecified atom stereocenters. The van der Waals surface area contributed by atoms with Crippen molar-refractivity contribution in [2.24, 2.45) is 0 Å². The molecule has 0 aromatic heterocycles. The maximum Gasteiger partial charge on any atom is 0.244 e. The van der Waals surface area contributed by atoms with Crippen molar-refractivity contribution in [3.05, 3.63) is 30.3 Å². The van der Waals surface area contributed by atoms with Crippen LogP contribution in [0.5, 0.6) is 0 Å². The summed E-state index contributed by atoms with van der Waals surface area (Å²) in [5, 5.41) is 3.08. The summed E-state index contributed by atoms with van der Waals surface area (Å²) in [6.45, 7) is 1.84. The van der Waals surface area contributed by atoms with Gasteiger partial charge in [0.15, 0.2) is 0 Å². The molecule has 1 N–H and O–H groups in total. The number of nitrogens with zero attached hydrogens (tertiary/aromatic N) is 1. The van der Waals surface area contributed by atoms with Crippen LogP contribution >= 0.6 is 0 Å². The Balaban J connectivity index is 2.57. The van der Waals surface area contributed by atoms with Crippen LogP contribution in [0.2, 0.25) is 0 Å². The molecule has 0 aliphatic rings. The Hall–Kier alpha value is -1.51. The van der Waals surface area contributed by atoms with Crippen LogP contribution in [-0.2, 0) is 4.79 Å². The molecule has 0 saturated carbocycles. The number of para-hydroxylation sites is 1. The first-order valence-electron chi connectivity index (χ1n) is 4.55. The molecule has 1 rings (SSSR count). The maximum atomic E-state index is 11.5. The van der Waals surface area contributed by atoms with E-state index >= 15 is 0 Å². The number of anilines is 1. The van der Waals surface area contributed by atoms with Gasteiger partial charge in [-0.05, 0) is 13.0 Å². The number of rotatable bonds is 3. The van der Waals surface area contributed by atoms with Gasteiger partial charge in [-0.1, -0.05) is 18.2 Å². The van der Waals surface area contributed by atoms with Crippen LogP contribution in [0, 0.1) is 6.07 Å². The van der Waals surface area contributed by atoms with Crippen molar-refractivity contribution >= 4 is 11.6 Å². The summed E-state index contributed by atoms with van der Waals surface area (Å²) in [7, 11) is 3.49. The van der Waals surface area contributed by atoms with E-state index in [1.54, 1.807) is 19.0 Å². The third-order valence-corrected chi connectivity index (χ3v) is 1.89. The van der Waals surface area contributed by atoms with E-state index in [1.165, 1.54) is 0 Å². The van der Waals surface area contributed by atoms with E-state index in [0.29, 0.717) is 0 Å². The number of hydrogen-bond donors (Lipinski definition) is 1. The fraction of sp³-hybridized carbons (Fsp3) is 0.364. The molecule has 3 heteroatoms. The number of hydrogen-bond acceptors (Lipinski definition) is 2. The zero-order chi connectivity index (χ0) is 10.6. The van der Waals surface area contributed by atoms with E-state index in [9.17, 15) is 4.79 Å². The average molecular weight is 191 g/mol. The van der Waals surface area contributed by atoms with Crippen molar-refractivity contribution < 1.29 is 4.79 Å². The van der Waals surface area contributed by atoms with Crippen LogP contribution < -0.4 is 5.32 Å². The number of carbonyl (C=O) groups is 1. The highest BCUT2D eigenvalue weighted by Gasteiger charge is 2.13. The fourth-order valence-electron chi connectivity index (χ4n) is 1.17. The molecule has 1 aromatic carbocycles. The van der Waals surface area contributed by atoms with Crippen molar-refractivity contribution in [3.63, 3.8) is 0 Å². The molecule has 1 atom stereocenters. The van der Waals surface area contributed by atoms with Crippen LogP contribution in [-0.4, -0.2) is 30.9 Å². The number of benzene rings is 1. The monoisotopic (exact) mass is 191 g/mol. The van der Waals surface area contributed by atoms with Gasteiger partial charge >= 0.3 is 0 Å². The van der Waals surface area contributed by atoms with Crippen LogP contribution in [0.4, 0.5) is 5.69 Å². The van der Waals surface area contributed by atoms with E-state index in [-0.39, 0.29) is 11.9 Å². The van der Waals surface area contributed by atoms with Gasteiger partial charge in [-0.3, -0.25) is 4.79 Å². The summed E-state index contributed by atoms with van der Waals surface area (Å²) in [5.74, 6) is 0.0576. The molecule has 75 valence electrons. The average Bonchev–Trinajstić information content (AvgIpc) is 2.18. The van der Waals surface area contributed by atoms with Gasteiger partial charge in [-0.25, -0.2) is 0 Å². The molecule has 0 spiro atoms. The van der Waals surface area contributed by atoms with Crippen molar-refractivity contribution in [3.8, 4) is 0 Å². The quantitative estimate of drug-likeness (QED) is 0.782. The first kappa shape index (κ1) is 10.6. The lowest BCUT2D eigenvalue weighted by Gasteiger charge is -2.18. The third-order valence-electron chi connectivity index (χ3n) is 1.89. The molecule has 1 aromatic rings. The van der Waals surface area contributed by atoms with Crippen molar-refractivity contribution in [1.29, 1.82) is 0 Å². The molecule has 1 radical (unpaired) electrons. The zero-order valence-electron chi connectivity index (χ0n) is 8.74. The van der Waals surface area contributed by atoms with Gasteiger partial charge in [-0.2, -0.15) is 0 Å². The number of likely N-dealkylation sites (N-methyl/N-ethyl adjacent to an activating group) is 1. The Morgan fingerprint density at radius 3 is 2.71 bits per heavy atom. The number of nitrogens with one attached hydrogen (secondary N) is 1. The zero-order valence-corrected chi connectivity index (χ0v) is 8.74. The third kappa shape index (κ3) is 2.76. The highest BCUT2D eigenvalue weighted by Crippen LogP contribution is 2.06. The molecule has 3 nitrogen and oxygen atoms in total. The van der Waals surface area contributed by atoms with E-state index in [0.717, 1.165) is 5.69 Å². The molecule has 0 saturated heterocycles. The molecule has 1 amide bonds. The predicted molar refractivity (Wildman–Crippen MR) is 57.1 cm³/mol. The minimum absolute atomic E-state index is 0.0576. The summed E-state index contributed by atoms with van der Waals surface area (Å²) in [6, 6.07) is 10.3. The van der Waals surface area contributed by atoms with Gasteiger partial charge in [0.1, 0.15) is 6.04 Å². The second kappa shape index (κ2) is 4.65. The van der Waals surface area contributed by atoms with Crippen LogP contribution in [0.25, 0.3) is 0 Å². The molecule has 14 heavy (non-hydrogen) atoms. The van der Waals surface area contributed by atoms with Gasteiger partial charge < -0.3 is 10.2 Å². The Kier molecular flexibility index (Phi) is 3.51. The molecule has 0 bridgehead atoms. The van der Waals surface area contributed by atoms with Crippen molar-refractivity contribution in [2.75, 3.05) is 19.4 Å². The van der Waals surface area contributed by atoms with Crippen molar-refractivity contribution in [2.45, 2.75) is 13.0 Å². The summed E-state index contributed by atoms with van der Waals surface area (Å²) < 4.78 is 0. The van der Waals surface area contributed by atoms with E-state index in [2.05, 4.69) is 11.4 Å². The Labute approximate surface area is 84.7 Å². The van der Waals surface area contributed by atoms with Crippen LogP contribution in [0.3, 0.4) is 0 Å². The molecule has 0 aliphatic heterocycles. The van der Waals surface area contributed by atoms with E-state index < -0.39 is 0 Å². The summed E-state index contributed by atoms with van der Waals surface area (Å²) in [6.07, 6.45) is 0. The largest absolute Gasteiger partial charge is 0.373 e. The molecule has 0 aliphatic carbocycles. The Morgan fingerprint density at radius 1 is 1.50 bits per heavy atom. The summed E-state index contributed by atoms with van der Waals surface area (Å²) in [5.41, 5.74) is 0.843. The SMILES string of the molecule is CC(Nc1[c]cccc1)C(=O)N(C)C. The smallest absolute Gasteiger partial charge is 0.244 e. The fourth-order valence-corrected chi connectivity index (χ4v) is 1.17. The molecule has 0 fully saturated rings. The second-order valence-corrected chi connectivity index (χ2v) is 3.37. The topological polar surface area (TPSA) is 32.3 Å². The summed E-state index contributed by atoms with van der Waals surface area (Å²) in [4.78, 5) is 13.1. The first-order valence-corrected chi connectivity index (χ1v) is 4.55. The Morgan fingerprint density at radius 2 is 2.21 bits per heavy atom. The van der Waals surface area contributed by atoms with Crippen molar-refractivity contribution in [1.82, 2.24) is 4.90 Å². The minimum atomic E-state index is -0.219. The predicted octanol–water partition coefficient (Wildman–Crippen LogP) is 1.38.